The van der Waals surface area contributed by atoms with E-state index in [1.54, 1.807) is 7.11 Å². The van der Waals surface area contributed by atoms with Crippen LogP contribution in [0.5, 0.6) is 0 Å². The molecule has 0 aromatic carbocycles. The number of nitrogens with zero attached hydrogens (tertiary/aromatic N) is 1. The predicted octanol–water partition coefficient (Wildman–Crippen LogP) is 4.55. The summed E-state index contributed by atoms with van der Waals surface area (Å²) in [4.78, 5) is 3.86. The van der Waals surface area contributed by atoms with Crippen molar-refractivity contribution in [2.24, 2.45) is 4.99 Å². The minimum Gasteiger partial charge on any atom is -0.380 e. The monoisotopic (exact) mass is 407 g/mol. The summed E-state index contributed by atoms with van der Waals surface area (Å²) in [5, 5.41) is 2.30. The number of hydrogen-bond acceptors (Lipinski definition) is 7. The van der Waals surface area contributed by atoms with Crippen LogP contribution in [0, 0.1) is 0 Å². The van der Waals surface area contributed by atoms with Crippen LogP contribution in [0.2, 0.25) is 0 Å². The Morgan fingerprint density at radius 2 is 1.35 bits per heavy atom. The maximum Gasteiger partial charge on any atom is 0.181 e. The Morgan fingerprint density at radius 3 is 1.92 bits per heavy atom. The third-order valence-electron chi connectivity index (χ3n) is 3.86. The zero-order valence-corrected chi connectivity index (χ0v) is 18.0. The number of thiol groups is 1. The third-order valence-corrected chi connectivity index (χ3v) is 4.28. The minimum absolute atomic E-state index is 0.364. The lowest BCUT2D eigenvalue weighted by molar-refractivity contribution is -0.0320. The van der Waals surface area contributed by atoms with Gasteiger partial charge in [0.15, 0.2) is 6.23 Å². The van der Waals surface area contributed by atoms with Gasteiger partial charge < -0.3 is 18.9 Å². The average Bonchev–Trinajstić information content (AvgIpc) is 2.64. The van der Waals surface area contributed by atoms with Crippen LogP contribution in [0.4, 0.5) is 0 Å². The number of hydrogen-bond donors (Lipinski definition) is 1. The molecule has 0 rings (SSSR count). The number of unbranched alkanes of at least 4 members (excludes halogenated alkanes) is 8. The lowest BCUT2D eigenvalue weighted by Gasteiger charge is -2.11. The van der Waals surface area contributed by atoms with E-state index in [0.717, 1.165) is 18.8 Å². The molecule has 0 aliphatic heterocycles. The summed E-state index contributed by atoms with van der Waals surface area (Å²) in [6.45, 7) is 3.35. The summed E-state index contributed by atoms with van der Waals surface area (Å²) in [5.74, 6) is 1.02. The standard InChI is InChI=1S/C19H37NO4S2/c1-21-17-19(20-18-26)24-15-14-23-13-12-22-11-9-7-5-3-2-4-6-8-10-16-25/h19,25H,2-17H2,1H3. The zero-order chi connectivity index (χ0) is 19.1. The average molecular weight is 408 g/mol. The molecule has 0 heterocycles. The van der Waals surface area contributed by atoms with E-state index >= 15 is 0 Å². The molecule has 0 aliphatic rings. The van der Waals surface area contributed by atoms with Crippen molar-refractivity contribution in [1.82, 2.24) is 0 Å². The Hall–Kier alpha value is -0.0100. The lowest BCUT2D eigenvalue weighted by atomic mass is 10.1. The van der Waals surface area contributed by atoms with Crippen LogP contribution in [0.15, 0.2) is 4.99 Å². The number of methoxy groups -OCH3 is 1. The first-order chi connectivity index (χ1) is 12.8. The molecule has 0 aromatic heterocycles. The minimum atomic E-state index is -0.398. The predicted molar refractivity (Wildman–Crippen MR) is 114 cm³/mol. The molecule has 0 fully saturated rings. The molecule has 0 N–H and O–H groups in total. The molecule has 0 spiro atoms. The Kier molecular flexibility index (Phi) is 23.0. The van der Waals surface area contributed by atoms with E-state index < -0.39 is 6.23 Å². The van der Waals surface area contributed by atoms with Crippen molar-refractivity contribution in [2.45, 2.75) is 64.0 Å². The molecule has 0 saturated heterocycles. The lowest BCUT2D eigenvalue weighted by Crippen LogP contribution is -2.19. The van der Waals surface area contributed by atoms with Gasteiger partial charge in [-0.1, -0.05) is 44.9 Å². The molecule has 1 atom stereocenters. The maximum absolute atomic E-state index is 5.58. The molecule has 1 unspecified atom stereocenters. The highest BCUT2D eigenvalue weighted by Gasteiger charge is 2.05. The summed E-state index contributed by atoms with van der Waals surface area (Å²) in [6.07, 6.45) is 11.3. The first-order valence-electron chi connectivity index (χ1n) is 9.79. The smallest absolute Gasteiger partial charge is 0.181 e. The second kappa shape index (κ2) is 23.0. The van der Waals surface area contributed by atoms with Crippen LogP contribution in [0.3, 0.4) is 0 Å². The van der Waals surface area contributed by atoms with E-state index in [1.165, 1.54) is 51.4 Å². The number of aliphatic imine (C=N–C) groups is 1. The normalized spacial score (nSPS) is 12.1. The molecule has 7 heteroatoms. The van der Waals surface area contributed by atoms with Crippen LogP contribution in [0.25, 0.3) is 0 Å². The second-order valence-electron chi connectivity index (χ2n) is 6.13. The molecule has 5 nitrogen and oxygen atoms in total. The second-order valence-corrected chi connectivity index (χ2v) is 6.76. The highest BCUT2D eigenvalue weighted by molar-refractivity contribution is 7.80. The molecule has 0 amide bonds. The summed E-state index contributed by atoms with van der Waals surface area (Å²) < 4.78 is 21.5. The van der Waals surface area contributed by atoms with Gasteiger partial charge in [-0.25, -0.2) is 0 Å². The number of ether oxygens (including phenoxy) is 4. The molecule has 0 saturated carbocycles. The van der Waals surface area contributed by atoms with Gasteiger partial charge in [-0.15, -0.1) is 0 Å². The van der Waals surface area contributed by atoms with E-state index in [9.17, 15) is 0 Å². The SMILES string of the molecule is COCC(N=C=S)OCCOCCOCCCCCCCCCCCS. The number of rotatable bonds is 21. The molecule has 0 aliphatic carbocycles. The van der Waals surface area contributed by atoms with Gasteiger partial charge in [-0.3, -0.25) is 0 Å². The van der Waals surface area contributed by atoms with Crippen LogP contribution < -0.4 is 0 Å². The van der Waals surface area contributed by atoms with Crippen molar-refractivity contribution < 1.29 is 18.9 Å². The van der Waals surface area contributed by atoms with Crippen LogP contribution >= 0.6 is 24.8 Å². The van der Waals surface area contributed by atoms with E-state index in [0.29, 0.717) is 33.0 Å². The van der Waals surface area contributed by atoms with E-state index in [-0.39, 0.29) is 0 Å². The van der Waals surface area contributed by atoms with Gasteiger partial charge in [0.05, 0.1) is 38.2 Å². The van der Waals surface area contributed by atoms with Crippen LogP contribution in [-0.4, -0.2) is 63.9 Å². The third kappa shape index (κ3) is 20.3. The maximum atomic E-state index is 5.58. The van der Waals surface area contributed by atoms with Crippen molar-refractivity contribution >= 4 is 30.0 Å². The Bertz CT molecular complexity index is 329. The van der Waals surface area contributed by atoms with E-state index in [4.69, 9.17) is 18.9 Å². The number of isothiocyanates is 1. The molecule has 0 aromatic rings. The first kappa shape index (κ1) is 26.0. The fourth-order valence-electron chi connectivity index (χ4n) is 2.44. The largest absolute Gasteiger partial charge is 0.380 e. The fourth-order valence-corrected chi connectivity index (χ4v) is 2.78. The Labute approximate surface area is 170 Å². The molecule has 154 valence electrons. The Morgan fingerprint density at radius 1 is 0.808 bits per heavy atom. The zero-order valence-electron chi connectivity index (χ0n) is 16.3. The van der Waals surface area contributed by atoms with Gasteiger partial charge in [-0.2, -0.15) is 17.6 Å². The molecular weight excluding hydrogens is 370 g/mol. The topological polar surface area (TPSA) is 49.3 Å². The van der Waals surface area contributed by atoms with Crippen molar-refractivity contribution in [1.29, 1.82) is 0 Å². The van der Waals surface area contributed by atoms with Gasteiger partial charge in [0.1, 0.15) is 0 Å². The highest BCUT2D eigenvalue weighted by atomic mass is 32.1. The van der Waals surface area contributed by atoms with Gasteiger partial charge in [0.25, 0.3) is 0 Å². The van der Waals surface area contributed by atoms with Crippen molar-refractivity contribution in [3.8, 4) is 0 Å². The van der Waals surface area contributed by atoms with Crippen LogP contribution in [-0.2, 0) is 18.9 Å². The summed E-state index contributed by atoms with van der Waals surface area (Å²) in [6, 6.07) is 0. The summed E-state index contributed by atoms with van der Waals surface area (Å²) >= 11 is 8.79. The van der Waals surface area contributed by atoms with Crippen molar-refractivity contribution in [3.63, 3.8) is 0 Å². The van der Waals surface area contributed by atoms with Gasteiger partial charge >= 0.3 is 0 Å². The molecular formula is C19H37NO4S2. The fraction of sp³-hybridized carbons (Fsp3) is 0.947. The molecule has 26 heavy (non-hydrogen) atoms. The van der Waals surface area contributed by atoms with Crippen molar-refractivity contribution in [3.05, 3.63) is 0 Å². The van der Waals surface area contributed by atoms with Gasteiger partial charge in [0.2, 0.25) is 0 Å². The van der Waals surface area contributed by atoms with E-state index in [1.807, 2.05) is 0 Å². The summed E-state index contributed by atoms with van der Waals surface area (Å²) in [5.41, 5.74) is 0. The van der Waals surface area contributed by atoms with E-state index in [2.05, 4.69) is 35.0 Å². The molecule has 0 bridgehead atoms. The van der Waals surface area contributed by atoms with Crippen molar-refractivity contribution in [2.75, 3.05) is 52.5 Å². The quantitative estimate of drug-likeness (QED) is 0.131. The summed E-state index contributed by atoms with van der Waals surface area (Å²) in [7, 11) is 1.59. The van der Waals surface area contributed by atoms with Gasteiger partial charge in [-0.05, 0) is 30.8 Å². The molecule has 0 radical (unpaired) electrons. The van der Waals surface area contributed by atoms with Gasteiger partial charge in [0, 0.05) is 13.7 Å². The van der Waals surface area contributed by atoms with Crippen LogP contribution in [0.1, 0.15) is 57.8 Å². The number of thiocarbonyl (C=S) groups is 1. The Balaban J connectivity index is 3.16. The highest BCUT2D eigenvalue weighted by Crippen LogP contribution is 2.10. The first-order valence-corrected chi connectivity index (χ1v) is 10.8.